The SMILES string of the molecule is NC(=O)c1cc(I)c(N)c([N+](=O)[O-])c1. The fourth-order valence-corrected chi connectivity index (χ4v) is 1.51. The Labute approximate surface area is 92.6 Å². The van der Waals surface area contributed by atoms with Gasteiger partial charge in [0.2, 0.25) is 5.91 Å². The maximum atomic E-state index is 10.8. The number of nitrogens with zero attached hydrogens (tertiary/aromatic N) is 1. The zero-order chi connectivity index (χ0) is 10.9. The van der Waals surface area contributed by atoms with E-state index in [4.69, 9.17) is 11.5 Å². The van der Waals surface area contributed by atoms with Crippen LogP contribution in [0.25, 0.3) is 0 Å². The molecule has 0 aliphatic rings. The van der Waals surface area contributed by atoms with E-state index < -0.39 is 10.8 Å². The number of nitro benzene ring substituents is 1. The first-order valence-electron chi connectivity index (χ1n) is 3.46. The minimum atomic E-state index is -0.717. The summed E-state index contributed by atoms with van der Waals surface area (Å²) in [5, 5.41) is 10.5. The third kappa shape index (κ3) is 1.92. The lowest BCUT2D eigenvalue weighted by atomic mass is 10.1. The predicted octanol–water partition coefficient (Wildman–Crippen LogP) is 0.881. The monoisotopic (exact) mass is 307 g/mol. The third-order valence-electron chi connectivity index (χ3n) is 1.59. The van der Waals surface area contributed by atoms with Crippen LogP contribution < -0.4 is 11.5 Å². The van der Waals surface area contributed by atoms with Crippen LogP contribution in [0.5, 0.6) is 0 Å². The molecule has 0 heterocycles. The van der Waals surface area contributed by atoms with Gasteiger partial charge < -0.3 is 11.5 Å². The molecule has 0 atom stereocenters. The van der Waals surface area contributed by atoms with Crippen LogP contribution in [0.1, 0.15) is 10.4 Å². The second-order valence-electron chi connectivity index (χ2n) is 2.51. The predicted molar refractivity (Wildman–Crippen MR) is 58.7 cm³/mol. The Morgan fingerprint density at radius 3 is 2.50 bits per heavy atom. The molecule has 74 valence electrons. The fraction of sp³-hybridized carbons (Fsp3) is 0. The molecular formula is C7H6IN3O3. The van der Waals surface area contributed by atoms with Crippen LogP contribution >= 0.6 is 22.6 Å². The zero-order valence-corrected chi connectivity index (χ0v) is 9.02. The normalized spacial score (nSPS) is 9.79. The van der Waals surface area contributed by atoms with E-state index in [0.29, 0.717) is 3.57 Å². The molecule has 0 spiro atoms. The number of nitrogen functional groups attached to an aromatic ring is 1. The maximum Gasteiger partial charge on any atom is 0.294 e. The van der Waals surface area contributed by atoms with Crippen LogP contribution in [0.4, 0.5) is 11.4 Å². The van der Waals surface area contributed by atoms with Gasteiger partial charge >= 0.3 is 0 Å². The van der Waals surface area contributed by atoms with Crippen molar-refractivity contribution in [2.24, 2.45) is 5.73 Å². The van der Waals surface area contributed by atoms with E-state index in [-0.39, 0.29) is 16.9 Å². The molecule has 4 N–H and O–H groups in total. The van der Waals surface area contributed by atoms with Gasteiger partial charge in [0, 0.05) is 15.2 Å². The largest absolute Gasteiger partial charge is 0.392 e. The minimum Gasteiger partial charge on any atom is -0.392 e. The molecule has 0 saturated heterocycles. The number of hydrogen-bond donors (Lipinski definition) is 2. The lowest BCUT2D eigenvalue weighted by Gasteiger charge is -2.02. The average Bonchev–Trinajstić information content (AvgIpc) is 2.08. The van der Waals surface area contributed by atoms with Gasteiger partial charge in [0.15, 0.2) is 0 Å². The molecule has 1 aromatic carbocycles. The number of nitrogens with two attached hydrogens (primary N) is 2. The molecule has 1 rings (SSSR count). The van der Waals surface area contributed by atoms with E-state index in [1.807, 2.05) is 0 Å². The number of amides is 1. The molecule has 0 aromatic heterocycles. The van der Waals surface area contributed by atoms with Crippen LogP contribution in [0.3, 0.4) is 0 Å². The highest BCUT2D eigenvalue weighted by atomic mass is 127. The van der Waals surface area contributed by atoms with Crippen LogP contribution in [-0.2, 0) is 0 Å². The molecule has 0 radical (unpaired) electrons. The van der Waals surface area contributed by atoms with Gasteiger partial charge in [-0.15, -0.1) is 0 Å². The van der Waals surface area contributed by atoms with E-state index in [2.05, 4.69) is 0 Å². The highest BCUT2D eigenvalue weighted by Gasteiger charge is 2.17. The van der Waals surface area contributed by atoms with Gasteiger partial charge in [0.1, 0.15) is 5.69 Å². The van der Waals surface area contributed by atoms with Crippen molar-refractivity contribution in [1.82, 2.24) is 0 Å². The van der Waals surface area contributed by atoms with Gasteiger partial charge in [-0.2, -0.15) is 0 Å². The molecular weight excluding hydrogens is 301 g/mol. The number of rotatable bonds is 2. The summed E-state index contributed by atoms with van der Waals surface area (Å²) >= 11 is 1.81. The minimum absolute atomic E-state index is 0.0422. The summed E-state index contributed by atoms with van der Waals surface area (Å²) in [6, 6.07) is 2.48. The smallest absolute Gasteiger partial charge is 0.294 e. The first-order chi connectivity index (χ1) is 6.43. The number of hydrogen-bond acceptors (Lipinski definition) is 4. The summed E-state index contributed by atoms with van der Waals surface area (Å²) in [5.74, 6) is -0.717. The molecule has 1 amide bonds. The van der Waals surface area contributed by atoms with Crippen molar-refractivity contribution in [3.63, 3.8) is 0 Å². The summed E-state index contributed by atoms with van der Waals surface area (Å²) in [7, 11) is 0. The van der Waals surface area contributed by atoms with Crippen molar-refractivity contribution in [3.8, 4) is 0 Å². The van der Waals surface area contributed by atoms with Gasteiger partial charge in [-0.05, 0) is 28.7 Å². The number of nitro groups is 1. The number of carbonyl (C=O) groups is 1. The van der Waals surface area contributed by atoms with Crippen molar-refractivity contribution in [2.75, 3.05) is 5.73 Å². The number of halogens is 1. The van der Waals surface area contributed by atoms with E-state index in [1.54, 1.807) is 22.6 Å². The summed E-state index contributed by atoms with van der Waals surface area (Å²) in [4.78, 5) is 20.7. The first kappa shape index (κ1) is 10.7. The fourth-order valence-electron chi connectivity index (χ4n) is 0.897. The van der Waals surface area contributed by atoms with Crippen LogP contribution in [0, 0.1) is 13.7 Å². The Balaban J connectivity index is 3.43. The van der Waals surface area contributed by atoms with Crippen LogP contribution in [-0.4, -0.2) is 10.8 Å². The van der Waals surface area contributed by atoms with Crippen molar-refractivity contribution < 1.29 is 9.72 Å². The second kappa shape index (κ2) is 3.78. The topological polar surface area (TPSA) is 112 Å². The van der Waals surface area contributed by atoms with E-state index in [9.17, 15) is 14.9 Å². The van der Waals surface area contributed by atoms with Gasteiger partial charge in [-0.25, -0.2) is 0 Å². The van der Waals surface area contributed by atoms with Crippen molar-refractivity contribution in [3.05, 3.63) is 31.4 Å². The first-order valence-corrected chi connectivity index (χ1v) is 4.54. The number of anilines is 1. The summed E-state index contributed by atoms with van der Waals surface area (Å²) < 4.78 is 0.436. The molecule has 14 heavy (non-hydrogen) atoms. The Bertz CT molecular complexity index is 419. The highest BCUT2D eigenvalue weighted by molar-refractivity contribution is 14.1. The van der Waals surface area contributed by atoms with Gasteiger partial charge in [0.25, 0.3) is 5.69 Å². The lowest BCUT2D eigenvalue weighted by molar-refractivity contribution is -0.384. The average molecular weight is 307 g/mol. The maximum absolute atomic E-state index is 10.8. The number of primary amides is 1. The molecule has 0 fully saturated rings. The molecule has 0 unspecified atom stereocenters. The Morgan fingerprint density at radius 1 is 1.50 bits per heavy atom. The molecule has 0 aliphatic carbocycles. The second-order valence-corrected chi connectivity index (χ2v) is 3.67. The van der Waals surface area contributed by atoms with Gasteiger partial charge in [0.05, 0.1) is 4.92 Å². The summed E-state index contributed by atoms with van der Waals surface area (Å²) in [5.41, 5.74) is 10.3. The zero-order valence-electron chi connectivity index (χ0n) is 6.86. The molecule has 1 aromatic rings. The Hall–Kier alpha value is -1.38. The number of benzene rings is 1. The quantitative estimate of drug-likeness (QED) is 0.365. The molecule has 0 aliphatic heterocycles. The molecule has 0 bridgehead atoms. The van der Waals surface area contributed by atoms with Crippen molar-refractivity contribution >= 4 is 39.9 Å². The lowest BCUT2D eigenvalue weighted by Crippen LogP contribution is -2.12. The molecule has 6 nitrogen and oxygen atoms in total. The van der Waals surface area contributed by atoms with Crippen LogP contribution in [0.15, 0.2) is 12.1 Å². The van der Waals surface area contributed by atoms with Gasteiger partial charge in [-0.3, -0.25) is 14.9 Å². The van der Waals surface area contributed by atoms with E-state index in [0.717, 1.165) is 6.07 Å². The van der Waals surface area contributed by atoms with Crippen LogP contribution in [0.2, 0.25) is 0 Å². The van der Waals surface area contributed by atoms with Gasteiger partial charge in [-0.1, -0.05) is 0 Å². The van der Waals surface area contributed by atoms with Crippen molar-refractivity contribution in [2.45, 2.75) is 0 Å². The van der Waals surface area contributed by atoms with E-state index >= 15 is 0 Å². The Kier molecular flexibility index (Phi) is 2.89. The molecule has 7 heteroatoms. The molecule has 0 saturated carbocycles. The highest BCUT2D eigenvalue weighted by Crippen LogP contribution is 2.27. The standard InChI is InChI=1S/C7H6IN3O3/c8-4-1-3(7(10)12)2-5(6(4)9)11(13)14/h1-2H,9H2,(H2,10,12). The summed E-state index contributed by atoms with van der Waals surface area (Å²) in [6.07, 6.45) is 0. The Morgan fingerprint density at radius 2 is 2.07 bits per heavy atom. The number of carbonyl (C=O) groups excluding carboxylic acids is 1. The van der Waals surface area contributed by atoms with E-state index in [1.165, 1.54) is 6.07 Å². The summed E-state index contributed by atoms with van der Waals surface area (Å²) in [6.45, 7) is 0. The third-order valence-corrected chi connectivity index (χ3v) is 2.48. The van der Waals surface area contributed by atoms with Crippen molar-refractivity contribution in [1.29, 1.82) is 0 Å².